The van der Waals surface area contributed by atoms with Crippen LogP contribution in [0.25, 0.3) is 0 Å². The van der Waals surface area contributed by atoms with Gasteiger partial charge in [-0.1, -0.05) is 142 Å². The third kappa shape index (κ3) is 40.4. The molecule has 0 radical (unpaired) electrons. The van der Waals surface area contributed by atoms with Crippen LogP contribution in [0.4, 0.5) is 9.59 Å². The zero-order valence-electron chi connectivity index (χ0n) is 49.1. The lowest BCUT2D eigenvalue weighted by Crippen LogP contribution is -2.40. The highest BCUT2D eigenvalue weighted by Gasteiger charge is 2.33. The zero-order chi connectivity index (χ0) is 57.0. The first-order valence-corrected chi connectivity index (χ1v) is 31.4. The first kappa shape index (κ1) is 69.6. The van der Waals surface area contributed by atoms with Crippen LogP contribution < -0.4 is 0 Å². The molecule has 0 saturated heterocycles. The van der Waals surface area contributed by atoms with E-state index in [9.17, 15) is 38.2 Å². The molecule has 0 aromatic heterocycles. The van der Waals surface area contributed by atoms with Crippen molar-refractivity contribution in [2.75, 3.05) is 52.6 Å². The van der Waals surface area contributed by atoms with Gasteiger partial charge in [0.1, 0.15) is 24.4 Å². The molecule has 0 heterocycles. The van der Waals surface area contributed by atoms with Gasteiger partial charge in [0.15, 0.2) is 12.2 Å². The molecule has 0 aromatic carbocycles. The number of unbranched alkanes of at least 4 members (excludes halogenated alkanes) is 20. The van der Waals surface area contributed by atoms with E-state index in [-0.39, 0.29) is 44.7 Å². The van der Waals surface area contributed by atoms with Crippen molar-refractivity contribution in [1.29, 1.82) is 0 Å². The molecule has 448 valence electrons. The number of ether oxygens (including phenoxy) is 6. The number of rotatable bonds is 46. The third-order valence-electron chi connectivity index (χ3n) is 13.1. The number of amides is 2. The van der Waals surface area contributed by atoms with E-state index in [1.165, 1.54) is 93.3 Å². The number of carbonyl (C=O) groups excluding carboxylic acids is 6. The average molecular weight is 1120 g/mol. The Hall–Kier alpha value is -3.47. The van der Waals surface area contributed by atoms with Gasteiger partial charge in [-0.2, -0.15) is 0 Å². The number of phosphoric ester groups is 1. The van der Waals surface area contributed by atoms with Gasteiger partial charge in [0.2, 0.25) is 0 Å². The van der Waals surface area contributed by atoms with Gasteiger partial charge in [0, 0.05) is 39.0 Å². The summed E-state index contributed by atoms with van der Waals surface area (Å²) in [4.78, 5) is 92.2. The van der Waals surface area contributed by atoms with Crippen molar-refractivity contribution >= 4 is 43.9 Å². The van der Waals surface area contributed by atoms with Gasteiger partial charge < -0.3 is 43.1 Å². The second-order valence-corrected chi connectivity index (χ2v) is 24.9. The lowest BCUT2D eigenvalue weighted by molar-refractivity contribution is -0.162. The fourth-order valence-electron chi connectivity index (χ4n) is 8.34. The van der Waals surface area contributed by atoms with Crippen LogP contribution in [0.1, 0.15) is 248 Å². The summed E-state index contributed by atoms with van der Waals surface area (Å²) in [6.45, 7) is 13.3. The number of esters is 4. The van der Waals surface area contributed by atoms with Gasteiger partial charge in [-0.05, 0) is 91.9 Å². The monoisotopic (exact) mass is 1120 g/mol. The molecule has 0 aromatic rings. The lowest BCUT2D eigenvalue weighted by Gasteiger charge is -2.27. The smallest absolute Gasteiger partial charge is 0.462 e. The molecule has 77 heavy (non-hydrogen) atoms. The predicted molar refractivity (Wildman–Crippen MR) is 296 cm³/mol. The highest BCUT2D eigenvalue weighted by atomic mass is 31.2. The molecule has 19 heteroatoms. The summed E-state index contributed by atoms with van der Waals surface area (Å²) in [6.07, 6.45) is 24.4. The molecule has 3 atom stereocenters. The van der Waals surface area contributed by atoms with E-state index in [0.717, 1.165) is 70.6 Å². The van der Waals surface area contributed by atoms with E-state index in [4.69, 9.17) is 37.5 Å². The van der Waals surface area contributed by atoms with Crippen molar-refractivity contribution in [1.82, 2.24) is 9.80 Å². The molecule has 1 N–H and O–H groups in total. The van der Waals surface area contributed by atoms with Crippen LogP contribution in [-0.2, 0) is 61.2 Å². The maximum atomic E-state index is 13.4. The van der Waals surface area contributed by atoms with Crippen LogP contribution >= 0.6 is 7.82 Å². The Kier molecular flexibility index (Phi) is 36.0. The summed E-state index contributed by atoms with van der Waals surface area (Å²) < 4.78 is 57.4. The van der Waals surface area contributed by atoms with Crippen LogP contribution in [0.5, 0.6) is 0 Å². The number of carbonyl (C=O) groups is 6. The average Bonchev–Trinajstić information content (AvgIpc) is 4.31. The molecule has 18 nitrogen and oxygen atoms in total. The number of nitrogens with zero attached hydrogens (tertiary/aromatic N) is 2. The normalized spacial score (nSPS) is 15.2. The summed E-state index contributed by atoms with van der Waals surface area (Å²) >= 11 is 0. The van der Waals surface area contributed by atoms with E-state index >= 15 is 0 Å². The second kappa shape index (κ2) is 39.8. The molecule has 2 aliphatic carbocycles. The maximum Gasteiger partial charge on any atom is 0.472 e. The van der Waals surface area contributed by atoms with Crippen LogP contribution in [-0.4, -0.2) is 127 Å². The fraction of sp³-hybridized carbons (Fsp3) is 0.897. The first-order chi connectivity index (χ1) is 36.6. The van der Waals surface area contributed by atoms with Gasteiger partial charge in [0.05, 0.1) is 26.1 Å². The summed E-state index contributed by atoms with van der Waals surface area (Å²) in [5.74, 6) is -2.01. The van der Waals surface area contributed by atoms with E-state index in [1.807, 2.05) is 0 Å². The molecule has 2 saturated carbocycles. The van der Waals surface area contributed by atoms with Gasteiger partial charge in [0.25, 0.3) is 0 Å². The fourth-order valence-corrected chi connectivity index (χ4v) is 9.12. The predicted octanol–water partition coefficient (Wildman–Crippen LogP) is 13.5. The van der Waals surface area contributed by atoms with Gasteiger partial charge in [-0.25, -0.2) is 14.2 Å². The minimum absolute atomic E-state index is 0.00605. The maximum absolute atomic E-state index is 13.4. The number of hydrogen-bond acceptors (Lipinski definition) is 15. The van der Waals surface area contributed by atoms with Crippen molar-refractivity contribution in [3.8, 4) is 0 Å². The molecule has 2 aliphatic rings. The molecular formula is C58H105N2O16P. The molecular weight excluding hydrogens is 1010 g/mol. The molecule has 2 fully saturated rings. The van der Waals surface area contributed by atoms with Crippen molar-refractivity contribution in [3.05, 3.63) is 0 Å². The highest BCUT2D eigenvalue weighted by molar-refractivity contribution is 7.47. The molecule has 0 bridgehead atoms. The minimum atomic E-state index is -5.00. The lowest BCUT2D eigenvalue weighted by atomic mass is 10.1. The Balaban J connectivity index is 2.07. The van der Waals surface area contributed by atoms with Crippen molar-refractivity contribution < 1.29 is 75.7 Å². The van der Waals surface area contributed by atoms with Gasteiger partial charge in [-0.15, -0.1) is 0 Å². The SMILES string of the molecule is CCCCCCCCCCCCCC(=O)OCC(COP(=O)(O)OCC(COC(=O)CCN(CC1CC1)C(=O)OC(C)(C)C)OC(=O)CCN(CC1CC1)C(=O)OC(C)(C)C)OC(=O)CCCCCCCCCCCCC. The van der Waals surface area contributed by atoms with Crippen molar-refractivity contribution in [2.24, 2.45) is 11.8 Å². The van der Waals surface area contributed by atoms with Crippen LogP contribution in [0.15, 0.2) is 0 Å². The Morgan fingerprint density at radius 3 is 1.09 bits per heavy atom. The topological polar surface area (TPSA) is 220 Å². The molecule has 0 aliphatic heterocycles. The Bertz CT molecular complexity index is 1710. The summed E-state index contributed by atoms with van der Waals surface area (Å²) in [7, 11) is -5.00. The van der Waals surface area contributed by atoms with Gasteiger partial charge >= 0.3 is 43.9 Å². The van der Waals surface area contributed by atoms with Gasteiger partial charge in [-0.3, -0.25) is 28.2 Å². The van der Waals surface area contributed by atoms with Crippen LogP contribution in [0.3, 0.4) is 0 Å². The molecule has 3 unspecified atom stereocenters. The van der Waals surface area contributed by atoms with Crippen LogP contribution in [0.2, 0.25) is 0 Å². The van der Waals surface area contributed by atoms with E-state index < -0.39 is 93.7 Å². The highest BCUT2D eigenvalue weighted by Crippen LogP contribution is 2.43. The first-order valence-electron chi connectivity index (χ1n) is 29.9. The summed E-state index contributed by atoms with van der Waals surface area (Å²) in [5, 5.41) is 0. The largest absolute Gasteiger partial charge is 0.472 e. The number of hydrogen-bond donors (Lipinski definition) is 1. The standard InChI is InChI=1S/C58H105N2O16P/c1-9-11-13-15-17-19-21-23-25-27-29-31-51(61)69-43-49(73-53(63)32-30-28-26-24-22-20-18-16-14-12-10-2)45-71-77(67,68)72-46-50(74-54(64)38-40-60(42-48-35-36-48)56(66)76-58(6,7)8)44-70-52(62)37-39-59(41-47-33-34-47)55(65)75-57(3,4)5/h47-50H,9-46H2,1-8H3,(H,67,68). The molecule has 0 spiro atoms. The molecule has 2 rings (SSSR count). The summed E-state index contributed by atoms with van der Waals surface area (Å²) in [5.41, 5.74) is -1.51. The van der Waals surface area contributed by atoms with E-state index in [2.05, 4.69) is 13.8 Å². The Morgan fingerprint density at radius 1 is 0.455 bits per heavy atom. The van der Waals surface area contributed by atoms with Crippen molar-refractivity contribution in [3.63, 3.8) is 0 Å². The zero-order valence-corrected chi connectivity index (χ0v) is 50.0. The van der Waals surface area contributed by atoms with E-state index in [0.29, 0.717) is 31.8 Å². The molecule has 2 amide bonds. The second-order valence-electron chi connectivity index (χ2n) is 23.5. The quantitative estimate of drug-likeness (QED) is 0.0259. The van der Waals surface area contributed by atoms with E-state index in [1.54, 1.807) is 41.5 Å². The minimum Gasteiger partial charge on any atom is -0.462 e. The number of phosphoric acid groups is 1. The summed E-state index contributed by atoms with van der Waals surface area (Å²) in [6, 6.07) is 0. The Morgan fingerprint density at radius 2 is 0.753 bits per heavy atom. The van der Waals surface area contributed by atoms with Crippen molar-refractivity contribution in [2.45, 2.75) is 271 Å². The Labute approximate surface area is 463 Å². The third-order valence-corrected chi connectivity index (χ3v) is 14.0. The van der Waals surface area contributed by atoms with Crippen LogP contribution in [0, 0.1) is 11.8 Å².